The molecule has 0 heterocycles. The molecule has 1 atom stereocenters. The Balaban J connectivity index is 2.67. The zero-order valence-electron chi connectivity index (χ0n) is 8.83. The summed E-state index contributed by atoms with van der Waals surface area (Å²) in [6, 6.07) is 10.8. The zero-order valence-corrected chi connectivity index (χ0v) is 8.83. The van der Waals surface area contributed by atoms with E-state index in [0.717, 1.165) is 6.54 Å². The van der Waals surface area contributed by atoms with Crippen molar-refractivity contribution in [3.05, 3.63) is 35.9 Å². The number of likely N-dealkylation sites (N-methyl/N-ethyl adjacent to an activating group) is 1. The van der Waals surface area contributed by atoms with Crippen LogP contribution in [0.2, 0.25) is 0 Å². The van der Waals surface area contributed by atoms with Crippen molar-refractivity contribution < 1.29 is 0 Å². The van der Waals surface area contributed by atoms with Gasteiger partial charge in [0.2, 0.25) is 0 Å². The SMILES string of the molecule is CCC(CN(C)C)c1ccccc1. The smallest absolute Gasteiger partial charge is 0.00441 e. The minimum Gasteiger partial charge on any atom is -0.309 e. The highest BCUT2D eigenvalue weighted by molar-refractivity contribution is 5.19. The van der Waals surface area contributed by atoms with Crippen LogP contribution in [0, 0.1) is 0 Å². The van der Waals surface area contributed by atoms with E-state index in [1.165, 1.54) is 12.0 Å². The van der Waals surface area contributed by atoms with Gasteiger partial charge in [-0.3, -0.25) is 0 Å². The van der Waals surface area contributed by atoms with E-state index in [-0.39, 0.29) is 0 Å². The molecule has 0 bridgehead atoms. The summed E-state index contributed by atoms with van der Waals surface area (Å²) in [5.41, 5.74) is 1.46. The maximum absolute atomic E-state index is 2.25. The molecule has 1 unspecified atom stereocenters. The first-order chi connectivity index (χ1) is 6.24. The molecule has 0 saturated carbocycles. The van der Waals surface area contributed by atoms with E-state index in [1.807, 2.05) is 0 Å². The molecule has 1 nitrogen and oxygen atoms in total. The van der Waals surface area contributed by atoms with E-state index in [2.05, 4.69) is 56.3 Å². The summed E-state index contributed by atoms with van der Waals surface area (Å²) >= 11 is 0. The minimum atomic E-state index is 0.677. The fourth-order valence-electron chi connectivity index (χ4n) is 1.64. The predicted molar refractivity (Wildman–Crippen MR) is 58.0 cm³/mol. The molecule has 13 heavy (non-hydrogen) atoms. The lowest BCUT2D eigenvalue weighted by Gasteiger charge is -2.19. The van der Waals surface area contributed by atoms with E-state index < -0.39 is 0 Å². The van der Waals surface area contributed by atoms with Crippen molar-refractivity contribution in [2.45, 2.75) is 19.3 Å². The Labute approximate surface area is 81.4 Å². The van der Waals surface area contributed by atoms with Crippen LogP contribution in [0.15, 0.2) is 30.3 Å². The Bertz CT molecular complexity index is 228. The van der Waals surface area contributed by atoms with Crippen LogP contribution in [0.4, 0.5) is 0 Å². The summed E-state index contributed by atoms with van der Waals surface area (Å²) in [4.78, 5) is 2.25. The van der Waals surface area contributed by atoms with Gasteiger partial charge in [0.1, 0.15) is 0 Å². The number of nitrogens with zero attached hydrogens (tertiary/aromatic N) is 1. The average Bonchev–Trinajstić information content (AvgIpc) is 2.15. The molecular weight excluding hydrogens is 158 g/mol. The van der Waals surface area contributed by atoms with Gasteiger partial charge in [-0.25, -0.2) is 0 Å². The van der Waals surface area contributed by atoms with Gasteiger partial charge >= 0.3 is 0 Å². The van der Waals surface area contributed by atoms with Crippen LogP contribution < -0.4 is 0 Å². The van der Waals surface area contributed by atoms with Crippen LogP contribution >= 0.6 is 0 Å². The second-order valence-corrected chi connectivity index (χ2v) is 3.78. The molecule has 0 N–H and O–H groups in total. The lowest BCUT2D eigenvalue weighted by Crippen LogP contribution is -2.19. The monoisotopic (exact) mass is 177 g/mol. The fraction of sp³-hybridized carbons (Fsp3) is 0.500. The summed E-state index contributed by atoms with van der Waals surface area (Å²) < 4.78 is 0. The highest BCUT2D eigenvalue weighted by atomic mass is 15.1. The molecule has 1 rings (SSSR count). The van der Waals surface area contributed by atoms with Crippen LogP contribution in [-0.4, -0.2) is 25.5 Å². The van der Waals surface area contributed by atoms with Crippen LogP contribution in [0.25, 0.3) is 0 Å². The van der Waals surface area contributed by atoms with Gasteiger partial charge in [0.15, 0.2) is 0 Å². The summed E-state index contributed by atoms with van der Waals surface area (Å²) in [6.07, 6.45) is 1.21. The Kier molecular flexibility index (Phi) is 3.97. The quantitative estimate of drug-likeness (QED) is 0.683. The van der Waals surface area contributed by atoms with Crippen LogP contribution in [0.1, 0.15) is 24.8 Å². The molecule has 0 fully saturated rings. The molecule has 1 aromatic carbocycles. The first-order valence-electron chi connectivity index (χ1n) is 4.93. The third-order valence-electron chi connectivity index (χ3n) is 2.35. The van der Waals surface area contributed by atoms with Gasteiger partial charge in [-0.05, 0) is 32.0 Å². The molecule has 0 amide bonds. The minimum absolute atomic E-state index is 0.677. The molecule has 0 aliphatic heterocycles. The van der Waals surface area contributed by atoms with Crippen molar-refractivity contribution in [2.75, 3.05) is 20.6 Å². The van der Waals surface area contributed by atoms with Crippen LogP contribution in [0.5, 0.6) is 0 Å². The number of hydrogen-bond acceptors (Lipinski definition) is 1. The maximum atomic E-state index is 2.25. The zero-order chi connectivity index (χ0) is 9.68. The van der Waals surface area contributed by atoms with Crippen LogP contribution in [0.3, 0.4) is 0 Å². The summed E-state index contributed by atoms with van der Waals surface area (Å²) in [5, 5.41) is 0. The van der Waals surface area contributed by atoms with Gasteiger partial charge in [0, 0.05) is 6.54 Å². The molecule has 0 spiro atoms. The number of rotatable bonds is 4. The molecule has 1 aromatic rings. The molecule has 0 saturated heterocycles. The standard InChI is InChI=1S/C12H19N/c1-4-11(10-13(2)3)12-8-6-5-7-9-12/h5-9,11H,4,10H2,1-3H3. The normalized spacial score (nSPS) is 13.2. The van der Waals surface area contributed by atoms with E-state index in [0.29, 0.717) is 5.92 Å². The third kappa shape index (κ3) is 3.19. The van der Waals surface area contributed by atoms with Crippen molar-refractivity contribution in [1.29, 1.82) is 0 Å². The molecule has 0 aliphatic carbocycles. The van der Waals surface area contributed by atoms with Crippen molar-refractivity contribution in [1.82, 2.24) is 4.90 Å². The van der Waals surface area contributed by atoms with Crippen molar-refractivity contribution in [2.24, 2.45) is 0 Å². The summed E-state index contributed by atoms with van der Waals surface area (Å²) in [5.74, 6) is 0.677. The Morgan fingerprint density at radius 1 is 1.15 bits per heavy atom. The Morgan fingerprint density at radius 2 is 1.77 bits per heavy atom. The predicted octanol–water partition coefficient (Wildman–Crippen LogP) is 2.74. The van der Waals surface area contributed by atoms with Gasteiger partial charge in [0.25, 0.3) is 0 Å². The Morgan fingerprint density at radius 3 is 2.23 bits per heavy atom. The summed E-state index contributed by atoms with van der Waals surface area (Å²) in [7, 11) is 4.26. The second-order valence-electron chi connectivity index (χ2n) is 3.78. The molecule has 0 radical (unpaired) electrons. The van der Waals surface area contributed by atoms with Crippen molar-refractivity contribution in [3.8, 4) is 0 Å². The highest BCUT2D eigenvalue weighted by Gasteiger charge is 2.08. The lowest BCUT2D eigenvalue weighted by molar-refractivity contribution is 0.368. The largest absolute Gasteiger partial charge is 0.309 e. The molecular formula is C12H19N. The highest BCUT2D eigenvalue weighted by Crippen LogP contribution is 2.19. The first-order valence-corrected chi connectivity index (χ1v) is 4.93. The molecule has 0 aromatic heterocycles. The summed E-state index contributed by atoms with van der Waals surface area (Å²) in [6.45, 7) is 3.39. The van der Waals surface area contributed by atoms with Gasteiger partial charge in [-0.15, -0.1) is 0 Å². The topological polar surface area (TPSA) is 3.24 Å². The van der Waals surface area contributed by atoms with Gasteiger partial charge in [0.05, 0.1) is 0 Å². The van der Waals surface area contributed by atoms with Crippen molar-refractivity contribution in [3.63, 3.8) is 0 Å². The fourth-order valence-corrected chi connectivity index (χ4v) is 1.64. The van der Waals surface area contributed by atoms with Gasteiger partial charge in [-0.2, -0.15) is 0 Å². The first kappa shape index (κ1) is 10.3. The third-order valence-corrected chi connectivity index (χ3v) is 2.35. The van der Waals surface area contributed by atoms with E-state index in [1.54, 1.807) is 0 Å². The van der Waals surface area contributed by atoms with E-state index in [9.17, 15) is 0 Å². The van der Waals surface area contributed by atoms with E-state index >= 15 is 0 Å². The molecule has 0 aliphatic rings. The van der Waals surface area contributed by atoms with E-state index in [4.69, 9.17) is 0 Å². The van der Waals surface area contributed by atoms with Gasteiger partial charge in [-0.1, -0.05) is 37.3 Å². The van der Waals surface area contributed by atoms with Gasteiger partial charge < -0.3 is 4.90 Å². The molecule has 1 heteroatoms. The average molecular weight is 177 g/mol. The molecule has 72 valence electrons. The second kappa shape index (κ2) is 5.03. The maximum Gasteiger partial charge on any atom is 0.00441 e. The number of hydrogen-bond donors (Lipinski definition) is 0. The Hall–Kier alpha value is -0.820. The van der Waals surface area contributed by atoms with Crippen molar-refractivity contribution >= 4 is 0 Å². The lowest BCUT2D eigenvalue weighted by atomic mass is 9.96. The van der Waals surface area contributed by atoms with Crippen LogP contribution in [-0.2, 0) is 0 Å². The number of benzene rings is 1.